The number of aromatic nitrogens is 3. The van der Waals surface area contributed by atoms with Crippen LogP contribution >= 0.6 is 24.0 Å². The van der Waals surface area contributed by atoms with Crippen LogP contribution in [0.2, 0.25) is 0 Å². The number of hydrogen-bond donors (Lipinski definition) is 2. The lowest BCUT2D eigenvalue weighted by atomic mass is 10.2. The van der Waals surface area contributed by atoms with Gasteiger partial charge in [-0.25, -0.2) is 4.99 Å². The molecule has 0 bridgehead atoms. The molecule has 1 aromatic carbocycles. The molecule has 0 aliphatic carbocycles. The summed E-state index contributed by atoms with van der Waals surface area (Å²) in [6.45, 7) is 0.346. The Morgan fingerprint density at radius 1 is 1.36 bits per heavy atom. The van der Waals surface area contributed by atoms with Crippen molar-refractivity contribution in [2.24, 2.45) is 17.8 Å². The third-order valence-electron chi connectivity index (χ3n) is 2.73. The Bertz CT molecular complexity index is 643. The number of aliphatic imine (C=N–C) groups is 1. The predicted octanol–water partition coefficient (Wildman–Crippen LogP) is 1.38. The van der Waals surface area contributed by atoms with Gasteiger partial charge in [-0.2, -0.15) is 15.0 Å². The van der Waals surface area contributed by atoms with E-state index in [9.17, 15) is 0 Å². The molecule has 0 aliphatic rings. The molecule has 0 fully saturated rings. The van der Waals surface area contributed by atoms with Crippen LogP contribution in [0.25, 0.3) is 0 Å². The molecule has 0 radical (unpaired) electrons. The van der Waals surface area contributed by atoms with Gasteiger partial charge in [0, 0.05) is 13.1 Å². The number of guanidine groups is 1. The van der Waals surface area contributed by atoms with Crippen molar-refractivity contribution in [1.82, 2.24) is 15.0 Å². The quantitative estimate of drug-likeness (QED) is 0.433. The summed E-state index contributed by atoms with van der Waals surface area (Å²) in [5, 5.41) is 11.1. The topological polar surface area (TPSA) is 99.6 Å². The Hall–Kier alpha value is -2.04. The Morgan fingerprint density at radius 2 is 2.14 bits per heavy atom. The van der Waals surface area contributed by atoms with Crippen LogP contribution in [-0.4, -0.2) is 35.2 Å². The van der Waals surface area contributed by atoms with Crippen LogP contribution < -0.4 is 20.5 Å². The number of ether oxygens (including phenoxy) is 2. The summed E-state index contributed by atoms with van der Waals surface area (Å²) in [7, 11) is 4.92. The number of hydrogen-bond acceptors (Lipinski definition) is 5. The van der Waals surface area contributed by atoms with E-state index in [1.807, 2.05) is 0 Å². The number of aryl methyl sites for hydroxylation is 1. The number of nitrogens with one attached hydrogen (secondary N) is 1. The molecule has 9 heteroatoms. The van der Waals surface area contributed by atoms with Gasteiger partial charge in [0.15, 0.2) is 5.96 Å². The average Bonchev–Trinajstić information content (AvgIpc) is 2.90. The number of benzene rings is 1. The number of anilines is 1. The molecule has 22 heavy (non-hydrogen) atoms. The smallest absolute Gasteiger partial charge is 0.193 e. The van der Waals surface area contributed by atoms with Gasteiger partial charge in [-0.15, -0.1) is 24.0 Å². The van der Waals surface area contributed by atoms with Crippen molar-refractivity contribution in [3.8, 4) is 11.5 Å². The zero-order chi connectivity index (χ0) is 15.2. The summed E-state index contributed by atoms with van der Waals surface area (Å²) < 4.78 is 10.4. The monoisotopic (exact) mass is 418 g/mol. The summed E-state index contributed by atoms with van der Waals surface area (Å²) in [5.41, 5.74) is 7.28. The Kier molecular flexibility index (Phi) is 6.89. The second-order valence-corrected chi connectivity index (χ2v) is 4.22. The SMILES string of the molecule is COc1ccc(OC)c(NC(N)=NCc2cnn(C)n2)c1.I. The summed E-state index contributed by atoms with van der Waals surface area (Å²) >= 11 is 0. The molecule has 0 amide bonds. The van der Waals surface area contributed by atoms with Gasteiger partial charge < -0.3 is 20.5 Å². The number of methoxy groups -OCH3 is 2. The molecule has 2 rings (SSSR count). The van der Waals surface area contributed by atoms with Crippen molar-refractivity contribution in [1.29, 1.82) is 0 Å². The summed E-state index contributed by atoms with van der Waals surface area (Å²) in [5.74, 6) is 1.60. The van der Waals surface area contributed by atoms with Crippen LogP contribution in [0.1, 0.15) is 5.69 Å². The minimum atomic E-state index is 0. The van der Waals surface area contributed by atoms with Crippen LogP contribution in [-0.2, 0) is 13.6 Å². The molecule has 0 spiro atoms. The normalized spacial score (nSPS) is 10.8. The molecular weight excluding hydrogens is 399 g/mol. The predicted molar refractivity (Wildman–Crippen MR) is 94.9 cm³/mol. The maximum absolute atomic E-state index is 5.86. The molecule has 0 atom stereocenters. The van der Waals surface area contributed by atoms with Crippen molar-refractivity contribution >= 4 is 35.6 Å². The van der Waals surface area contributed by atoms with E-state index in [1.165, 1.54) is 4.80 Å². The third kappa shape index (κ3) is 4.76. The first-order valence-electron chi connectivity index (χ1n) is 6.26. The number of nitrogens with zero attached hydrogens (tertiary/aromatic N) is 4. The van der Waals surface area contributed by atoms with Crippen molar-refractivity contribution in [2.75, 3.05) is 19.5 Å². The van der Waals surface area contributed by atoms with Crippen LogP contribution in [0.5, 0.6) is 11.5 Å². The molecule has 1 aromatic heterocycles. The molecule has 3 N–H and O–H groups in total. The Balaban J connectivity index is 0.00000242. The summed E-state index contributed by atoms with van der Waals surface area (Å²) in [6.07, 6.45) is 1.64. The van der Waals surface area contributed by atoms with Gasteiger partial charge in [-0.05, 0) is 12.1 Å². The van der Waals surface area contributed by atoms with Crippen molar-refractivity contribution in [3.63, 3.8) is 0 Å². The van der Waals surface area contributed by atoms with Gasteiger partial charge in [0.25, 0.3) is 0 Å². The molecule has 2 aromatic rings. The second-order valence-electron chi connectivity index (χ2n) is 4.22. The fourth-order valence-corrected chi connectivity index (χ4v) is 1.72. The van der Waals surface area contributed by atoms with Gasteiger partial charge in [0.05, 0.1) is 32.6 Å². The minimum absolute atomic E-state index is 0. The first-order chi connectivity index (χ1) is 10.1. The van der Waals surface area contributed by atoms with Crippen LogP contribution in [0.3, 0.4) is 0 Å². The molecule has 0 saturated heterocycles. The van der Waals surface area contributed by atoms with Crippen molar-refractivity contribution in [3.05, 3.63) is 30.1 Å². The van der Waals surface area contributed by atoms with Crippen LogP contribution in [0, 0.1) is 0 Å². The lowest BCUT2D eigenvalue weighted by Crippen LogP contribution is -2.23. The van der Waals surface area contributed by atoms with E-state index >= 15 is 0 Å². The van der Waals surface area contributed by atoms with Gasteiger partial charge in [-0.3, -0.25) is 0 Å². The summed E-state index contributed by atoms with van der Waals surface area (Å²) in [6, 6.07) is 5.37. The van der Waals surface area contributed by atoms with Crippen molar-refractivity contribution < 1.29 is 9.47 Å². The van der Waals surface area contributed by atoms with Crippen LogP contribution in [0.15, 0.2) is 29.4 Å². The number of halogens is 1. The van der Waals surface area contributed by atoms with E-state index in [0.717, 1.165) is 5.69 Å². The molecule has 0 unspecified atom stereocenters. The Labute approximate surface area is 145 Å². The third-order valence-corrected chi connectivity index (χ3v) is 2.73. The highest BCUT2D eigenvalue weighted by atomic mass is 127. The van der Waals surface area contributed by atoms with E-state index in [4.69, 9.17) is 15.2 Å². The molecule has 0 saturated carbocycles. The highest BCUT2D eigenvalue weighted by Gasteiger charge is 2.06. The minimum Gasteiger partial charge on any atom is -0.497 e. The van der Waals surface area contributed by atoms with Gasteiger partial charge in [0.1, 0.15) is 17.2 Å². The second kappa shape index (κ2) is 8.41. The molecule has 1 heterocycles. The average molecular weight is 418 g/mol. The van der Waals surface area contributed by atoms with Crippen molar-refractivity contribution in [2.45, 2.75) is 6.54 Å². The highest BCUT2D eigenvalue weighted by Crippen LogP contribution is 2.28. The fraction of sp³-hybridized carbons (Fsp3) is 0.308. The lowest BCUT2D eigenvalue weighted by Gasteiger charge is -2.11. The van der Waals surface area contributed by atoms with E-state index in [0.29, 0.717) is 23.7 Å². The lowest BCUT2D eigenvalue weighted by molar-refractivity contribution is 0.405. The first kappa shape index (κ1) is 18.0. The van der Waals surface area contributed by atoms with E-state index in [1.54, 1.807) is 45.7 Å². The Morgan fingerprint density at radius 3 is 2.73 bits per heavy atom. The molecule has 8 nitrogen and oxygen atoms in total. The van der Waals surface area contributed by atoms with Gasteiger partial charge >= 0.3 is 0 Å². The van der Waals surface area contributed by atoms with Gasteiger partial charge in [-0.1, -0.05) is 0 Å². The number of rotatable bonds is 5. The fourth-order valence-electron chi connectivity index (χ4n) is 1.72. The maximum Gasteiger partial charge on any atom is 0.193 e. The van der Waals surface area contributed by atoms with E-state index in [-0.39, 0.29) is 29.9 Å². The number of nitrogens with two attached hydrogens (primary N) is 1. The largest absolute Gasteiger partial charge is 0.497 e. The first-order valence-corrected chi connectivity index (χ1v) is 6.26. The molecule has 120 valence electrons. The zero-order valence-corrected chi connectivity index (χ0v) is 14.9. The standard InChI is InChI=1S/C13H18N6O2.HI/c1-19-16-8-9(18-19)7-15-13(14)17-11-6-10(20-2)4-5-12(11)21-3;/h4-6,8H,7H2,1-3H3,(H3,14,15,17);1H. The van der Waals surface area contributed by atoms with Crippen LogP contribution in [0.4, 0.5) is 5.69 Å². The van der Waals surface area contributed by atoms with Gasteiger partial charge in [0.2, 0.25) is 0 Å². The maximum atomic E-state index is 5.86. The zero-order valence-electron chi connectivity index (χ0n) is 12.6. The van der Waals surface area contributed by atoms with E-state index < -0.39 is 0 Å². The highest BCUT2D eigenvalue weighted by molar-refractivity contribution is 14.0. The molecular formula is C13H19IN6O2. The van der Waals surface area contributed by atoms with E-state index in [2.05, 4.69) is 20.5 Å². The molecule has 0 aliphatic heterocycles. The summed E-state index contributed by atoms with van der Waals surface area (Å²) in [4.78, 5) is 5.68.